The van der Waals surface area contributed by atoms with Crippen LogP contribution in [0.5, 0.6) is 23.0 Å². The molecule has 2 aromatic rings. The highest BCUT2D eigenvalue weighted by atomic mass is 16.5. The van der Waals surface area contributed by atoms with E-state index in [0.29, 0.717) is 11.3 Å². The molecule has 1 aliphatic rings. The molecular weight excluding hydrogens is 352 g/mol. The maximum Gasteiger partial charge on any atom is 0.160 e. The molecule has 0 spiro atoms. The third-order valence-electron chi connectivity index (χ3n) is 5.10. The highest BCUT2D eigenvalue weighted by Crippen LogP contribution is 2.45. The monoisotopic (exact) mass is 376 g/mol. The second-order valence-electron chi connectivity index (χ2n) is 6.57. The Morgan fingerprint density at radius 1 is 1.04 bits per heavy atom. The molecule has 4 atom stereocenters. The third-order valence-corrected chi connectivity index (χ3v) is 5.10. The number of methoxy groups -OCH3 is 2. The molecule has 1 saturated heterocycles. The zero-order valence-electron chi connectivity index (χ0n) is 15.2. The molecule has 7 nitrogen and oxygen atoms in total. The fourth-order valence-electron chi connectivity index (χ4n) is 3.58. The van der Waals surface area contributed by atoms with Crippen molar-refractivity contribution in [3.05, 3.63) is 47.5 Å². The molecule has 4 N–H and O–H groups in total. The molecule has 2 aromatic carbocycles. The van der Waals surface area contributed by atoms with Crippen molar-refractivity contribution in [2.24, 2.45) is 11.8 Å². The number of aliphatic hydroxyl groups is 2. The van der Waals surface area contributed by atoms with Crippen LogP contribution >= 0.6 is 0 Å². The fraction of sp³-hybridized carbons (Fsp3) is 0.400. The Kier molecular flexibility index (Phi) is 5.74. The molecule has 0 saturated carbocycles. The predicted octanol–water partition coefficient (Wildman–Crippen LogP) is 2.14. The SMILES string of the molecule is COc1cc([C@H]2OC[C@@H]([C@@H](O)c3ccc(O)c(OC)c3)[C@@H]2CO)ccc1O. The molecule has 1 heterocycles. The van der Waals surface area contributed by atoms with Gasteiger partial charge in [0.2, 0.25) is 0 Å². The van der Waals surface area contributed by atoms with E-state index in [9.17, 15) is 20.4 Å². The topological polar surface area (TPSA) is 109 Å². The lowest BCUT2D eigenvalue weighted by atomic mass is 9.82. The molecule has 7 heteroatoms. The third kappa shape index (κ3) is 3.66. The number of hydrogen-bond donors (Lipinski definition) is 4. The normalized spacial score (nSPS) is 23.2. The summed E-state index contributed by atoms with van der Waals surface area (Å²) >= 11 is 0. The van der Waals surface area contributed by atoms with Crippen LogP contribution < -0.4 is 9.47 Å². The Morgan fingerprint density at radius 2 is 1.67 bits per heavy atom. The van der Waals surface area contributed by atoms with Gasteiger partial charge in [-0.05, 0) is 35.4 Å². The molecule has 1 fully saturated rings. The Balaban J connectivity index is 1.86. The second-order valence-corrected chi connectivity index (χ2v) is 6.57. The predicted molar refractivity (Wildman–Crippen MR) is 97.0 cm³/mol. The van der Waals surface area contributed by atoms with Crippen molar-refractivity contribution in [1.29, 1.82) is 0 Å². The highest BCUT2D eigenvalue weighted by molar-refractivity contribution is 5.44. The Bertz CT molecular complexity index is 792. The van der Waals surface area contributed by atoms with Crippen LogP contribution in [0.4, 0.5) is 0 Å². The van der Waals surface area contributed by atoms with Crippen LogP contribution in [0, 0.1) is 11.8 Å². The van der Waals surface area contributed by atoms with E-state index in [0.717, 1.165) is 5.56 Å². The lowest BCUT2D eigenvalue weighted by Crippen LogP contribution is -2.25. The first-order chi connectivity index (χ1) is 13.0. The number of rotatable bonds is 6. The minimum atomic E-state index is -0.902. The van der Waals surface area contributed by atoms with Crippen LogP contribution in [0.15, 0.2) is 36.4 Å². The summed E-state index contributed by atoms with van der Waals surface area (Å²) in [5, 5.41) is 40.3. The summed E-state index contributed by atoms with van der Waals surface area (Å²) in [6, 6.07) is 9.55. The van der Waals surface area contributed by atoms with Gasteiger partial charge >= 0.3 is 0 Å². The average molecular weight is 376 g/mol. The van der Waals surface area contributed by atoms with Crippen molar-refractivity contribution in [3.63, 3.8) is 0 Å². The summed E-state index contributed by atoms with van der Waals surface area (Å²) in [5.74, 6) is -0.106. The van der Waals surface area contributed by atoms with Crippen LogP contribution in [0.1, 0.15) is 23.3 Å². The maximum absolute atomic E-state index is 10.8. The number of aromatic hydroxyl groups is 2. The van der Waals surface area contributed by atoms with Crippen LogP contribution in [-0.2, 0) is 4.74 Å². The number of hydrogen-bond acceptors (Lipinski definition) is 7. The Labute approximate surface area is 157 Å². The van der Waals surface area contributed by atoms with Gasteiger partial charge in [-0.2, -0.15) is 0 Å². The van der Waals surface area contributed by atoms with Crippen LogP contribution in [-0.4, -0.2) is 47.9 Å². The van der Waals surface area contributed by atoms with E-state index in [-0.39, 0.29) is 42.3 Å². The molecule has 1 aliphatic heterocycles. The van der Waals surface area contributed by atoms with Crippen molar-refractivity contribution in [1.82, 2.24) is 0 Å². The van der Waals surface area contributed by atoms with Gasteiger partial charge in [0.05, 0.1) is 33.0 Å². The van der Waals surface area contributed by atoms with E-state index in [2.05, 4.69) is 0 Å². The lowest BCUT2D eigenvalue weighted by Gasteiger charge is -2.25. The molecule has 0 radical (unpaired) electrons. The van der Waals surface area contributed by atoms with Gasteiger partial charge in [-0.1, -0.05) is 12.1 Å². The van der Waals surface area contributed by atoms with E-state index in [1.165, 1.54) is 26.4 Å². The van der Waals surface area contributed by atoms with E-state index in [4.69, 9.17) is 14.2 Å². The molecule has 0 aromatic heterocycles. The summed E-state index contributed by atoms with van der Waals surface area (Å²) in [6.45, 7) is 0.0776. The molecule has 0 bridgehead atoms. The zero-order chi connectivity index (χ0) is 19.6. The lowest BCUT2D eigenvalue weighted by molar-refractivity contribution is 0.0632. The fourth-order valence-corrected chi connectivity index (χ4v) is 3.58. The van der Waals surface area contributed by atoms with Gasteiger partial charge in [0.1, 0.15) is 0 Å². The molecule has 27 heavy (non-hydrogen) atoms. The second kappa shape index (κ2) is 8.04. The number of aliphatic hydroxyl groups excluding tert-OH is 2. The molecule has 3 rings (SSSR count). The van der Waals surface area contributed by atoms with Gasteiger partial charge in [-0.25, -0.2) is 0 Å². The van der Waals surface area contributed by atoms with Gasteiger partial charge in [0.25, 0.3) is 0 Å². The van der Waals surface area contributed by atoms with E-state index < -0.39 is 12.2 Å². The van der Waals surface area contributed by atoms with Gasteiger partial charge in [0, 0.05) is 18.4 Å². The van der Waals surface area contributed by atoms with Crippen molar-refractivity contribution in [3.8, 4) is 23.0 Å². The standard InChI is InChI=1S/C20H24O7/c1-25-17-7-11(3-5-15(17)22)19(24)14-10-27-20(13(14)9-21)12-4-6-16(23)18(8-12)26-2/h3-8,13-14,19-24H,9-10H2,1-2H3/t13-,14+,19-,20+/m0/s1. The van der Waals surface area contributed by atoms with Crippen LogP contribution in [0.25, 0.3) is 0 Å². The first kappa shape index (κ1) is 19.3. The minimum absolute atomic E-state index is 0.0103. The minimum Gasteiger partial charge on any atom is -0.504 e. The van der Waals surface area contributed by atoms with Crippen molar-refractivity contribution in [2.45, 2.75) is 12.2 Å². The molecule has 0 aliphatic carbocycles. The van der Waals surface area contributed by atoms with E-state index >= 15 is 0 Å². The number of benzene rings is 2. The molecular formula is C20H24O7. The van der Waals surface area contributed by atoms with Gasteiger partial charge in [0.15, 0.2) is 23.0 Å². The summed E-state index contributed by atoms with van der Waals surface area (Å²) in [4.78, 5) is 0. The van der Waals surface area contributed by atoms with E-state index in [1.54, 1.807) is 24.3 Å². The summed E-state index contributed by atoms with van der Waals surface area (Å²) in [5.41, 5.74) is 1.32. The van der Waals surface area contributed by atoms with Gasteiger partial charge in [-0.15, -0.1) is 0 Å². The summed E-state index contributed by atoms with van der Waals surface area (Å²) in [7, 11) is 2.90. The van der Waals surface area contributed by atoms with Crippen LogP contribution in [0.2, 0.25) is 0 Å². The summed E-state index contributed by atoms with van der Waals surface area (Å²) < 4.78 is 16.1. The largest absolute Gasteiger partial charge is 0.504 e. The smallest absolute Gasteiger partial charge is 0.160 e. The summed E-state index contributed by atoms with van der Waals surface area (Å²) in [6.07, 6.45) is -1.34. The quantitative estimate of drug-likeness (QED) is 0.612. The number of phenols is 2. The number of ether oxygens (including phenoxy) is 3. The van der Waals surface area contributed by atoms with E-state index in [1.807, 2.05) is 0 Å². The van der Waals surface area contributed by atoms with Crippen molar-refractivity contribution in [2.75, 3.05) is 27.4 Å². The maximum atomic E-state index is 10.8. The molecule has 146 valence electrons. The number of phenolic OH excluding ortho intramolecular Hbond substituents is 2. The Morgan fingerprint density at radius 3 is 2.30 bits per heavy atom. The molecule has 0 unspecified atom stereocenters. The van der Waals surface area contributed by atoms with Crippen molar-refractivity contribution < 1.29 is 34.6 Å². The van der Waals surface area contributed by atoms with Gasteiger partial charge in [-0.3, -0.25) is 0 Å². The average Bonchev–Trinajstić information content (AvgIpc) is 3.12. The Hall–Kier alpha value is -2.48. The van der Waals surface area contributed by atoms with Crippen molar-refractivity contribution >= 4 is 0 Å². The first-order valence-electron chi connectivity index (χ1n) is 8.64. The molecule has 0 amide bonds. The van der Waals surface area contributed by atoms with Gasteiger partial charge < -0.3 is 34.6 Å². The highest BCUT2D eigenvalue weighted by Gasteiger charge is 2.42. The zero-order valence-corrected chi connectivity index (χ0v) is 15.2. The van der Waals surface area contributed by atoms with Crippen LogP contribution in [0.3, 0.4) is 0 Å². The first-order valence-corrected chi connectivity index (χ1v) is 8.64.